The molecule has 0 radical (unpaired) electrons. The molecule has 10 aromatic rings. The third-order valence-corrected chi connectivity index (χ3v) is 16.2. The maximum Gasteiger partial charge on any atom is 0.364 e. The summed E-state index contributed by atoms with van der Waals surface area (Å²) in [6.45, 7) is 19.3. The molecule has 7 aromatic carbocycles. The molecule has 0 fully saturated rings. The van der Waals surface area contributed by atoms with E-state index in [-0.39, 0.29) is 5.41 Å². The first-order chi connectivity index (χ1) is 31.4. The van der Waals surface area contributed by atoms with Crippen LogP contribution in [0.4, 0.5) is 0 Å². The summed E-state index contributed by atoms with van der Waals surface area (Å²) < 4.78 is 15.2. The first-order valence-electron chi connectivity index (χ1n) is 23.4. The topological polar surface area (TPSA) is 25.8 Å². The standard InChI is InChI=1S/C60H55N3OSi/c1-38(2)34-42-36-52-46-35-41(39-20-11-9-12-21-39)30-32-47(46)60(61(52)37-54(42)65(6,7)8)48-33-31-45-44-24-15-18-29-53(44)64-57(45)55(48)58-62(50-27-16-17-28-51(50)63(58)60)56-43(40-22-13-10-14-23-40)25-19-26-49(56)59(3,4)5/h9-33,35-38H,34H2,1-8H3/q+2. The second kappa shape index (κ2) is 14.1. The Balaban J connectivity index is 1.32. The van der Waals surface area contributed by atoms with Gasteiger partial charge in [-0.15, -0.1) is 9.13 Å². The fourth-order valence-electron chi connectivity index (χ4n) is 11.5. The van der Waals surface area contributed by atoms with Crippen LogP contribution < -0.4 is 14.3 Å². The molecule has 65 heavy (non-hydrogen) atoms. The predicted octanol–water partition coefficient (Wildman–Crippen LogP) is 13.7. The molecule has 1 atom stereocenters. The van der Waals surface area contributed by atoms with Gasteiger partial charge in [0.05, 0.1) is 24.8 Å². The SMILES string of the molecule is CC(C)Cc1cc2[n+](cc1[Si](C)(C)C)C1(c3ccc(-c4ccccc4)cc3-2)c2ccc3c(oc4ccccc43)c2-c2n(-c3c(-c4ccccc4)cccc3C(C)(C)C)c3ccccc3[n+]21. The summed E-state index contributed by atoms with van der Waals surface area (Å²) >= 11 is 0. The zero-order valence-electron chi connectivity index (χ0n) is 38.7. The molecule has 5 heterocycles. The maximum atomic E-state index is 7.22. The Morgan fingerprint density at radius 2 is 1.34 bits per heavy atom. The number of hydrogen-bond acceptors (Lipinski definition) is 1. The lowest BCUT2D eigenvalue weighted by molar-refractivity contribution is -0.944. The molecule has 4 nitrogen and oxygen atoms in total. The molecule has 0 amide bonds. The summed E-state index contributed by atoms with van der Waals surface area (Å²) in [6.07, 6.45) is 3.63. The molecule has 0 saturated carbocycles. The lowest BCUT2D eigenvalue weighted by atomic mass is 9.83. The van der Waals surface area contributed by atoms with Crippen molar-refractivity contribution < 1.29 is 13.6 Å². The number of benzene rings is 7. The smallest absolute Gasteiger partial charge is 0.364 e. The molecular weight excluding hydrogens is 807 g/mol. The van der Waals surface area contributed by atoms with Crippen LogP contribution in [-0.4, -0.2) is 12.6 Å². The van der Waals surface area contributed by atoms with Crippen LogP contribution in [0.1, 0.15) is 56.9 Å². The van der Waals surface area contributed by atoms with Gasteiger partial charge in [0.1, 0.15) is 16.8 Å². The van der Waals surface area contributed by atoms with Crippen LogP contribution in [0.2, 0.25) is 19.6 Å². The van der Waals surface area contributed by atoms with E-state index in [1.807, 2.05) is 0 Å². The van der Waals surface area contributed by atoms with Crippen molar-refractivity contribution in [3.8, 4) is 50.6 Å². The molecule has 0 aliphatic carbocycles. The van der Waals surface area contributed by atoms with Crippen molar-refractivity contribution >= 4 is 46.2 Å². The summed E-state index contributed by atoms with van der Waals surface area (Å²) in [6, 6.07) is 61.0. The average molecular weight is 862 g/mol. The summed E-state index contributed by atoms with van der Waals surface area (Å²) in [5.41, 5.74) is 18.1. The molecule has 2 aliphatic heterocycles. The number of furan rings is 1. The highest BCUT2D eigenvalue weighted by atomic mass is 28.3. The lowest BCUT2D eigenvalue weighted by Crippen LogP contribution is -2.72. The van der Waals surface area contributed by atoms with Crippen LogP contribution in [0, 0.1) is 5.92 Å². The van der Waals surface area contributed by atoms with Crippen LogP contribution in [0.15, 0.2) is 174 Å². The quantitative estimate of drug-likeness (QED) is 0.121. The highest BCUT2D eigenvalue weighted by Gasteiger charge is 2.67. The van der Waals surface area contributed by atoms with Crippen molar-refractivity contribution in [3.63, 3.8) is 0 Å². The first-order valence-corrected chi connectivity index (χ1v) is 26.9. The van der Waals surface area contributed by atoms with E-state index in [2.05, 4.69) is 238 Å². The van der Waals surface area contributed by atoms with Gasteiger partial charge in [0.25, 0.3) is 0 Å². The number of fused-ring (bicyclic) bond motifs is 16. The third-order valence-electron chi connectivity index (χ3n) is 14.1. The van der Waals surface area contributed by atoms with E-state index < -0.39 is 13.7 Å². The average Bonchev–Trinajstić information content (AvgIpc) is 4.01. The van der Waals surface area contributed by atoms with Crippen LogP contribution >= 0.6 is 0 Å². The van der Waals surface area contributed by atoms with Gasteiger partial charge < -0.3 is 4.42 Å². The van der Waals surface area contributed by atoms with E-state index in [1.165, 1.54) is 72.2 Å². The number of para-hydroxylation sites is 4. The monoisotopic (exact) mass is 861 g/mol. The van der Waals surface area contributed by atoms with Crippen molar-refractivity contribution in [1.29, 1.82) is 0 Å². The maximum absolute atomic E-state index is 7.22. The molecule has 3 aromatic heterocycles. The van der Waals surface area contributed by atoms with Crippen molar-refractivity contribution in [2.75, 3.05) is 0 Å². The number of rotatable bonds is 6. The summed E-state index contributed by atoms with van der Waals surface area (Å²) in [4.78, 5) is 0. The van der Waals surface area contributed by atoms with E-state index in [0.717, 1.165) is 45.3 Å². The van der Waals surface area contributed by atoms with Gasteiger partial charge in [-0.05, 0) is 82.5 Å². The Labute approximate surface area is 383 Å². The fourth-order valence-corrected chi connectivity index (χ4v) is 13.1. The minimum Gasteiger partial charge on any atom is -0.455 e. The third kappa shape index (κ3) is 5.67. The van der Waals surface area contributed by atoms with Gasteiger partial charge in [0, 0.05) is 33.2 Å². The number of imidazole rings is 1. The van der Waals surface area contributed by atoms with E-state index in [9.17, 15) is 0 Å². The molecule has 2 aliphatic rings. The van der Waals surface area contributed by atoms with Crippen LogP contribution in [0.5, 0.6) is 0 Å². The molecule has 0 saturated heterocycles. The zero-order chi connectivity index (χ0) is 44.6. The number of hydrogen-bond donors (Lipinski definition) is 0. The summed E-state index contributed by atoms with van der Waals surface area (Å²) in [7, 11) is -1.90. The van der Waals surface area contributed by atoms with Gasteiger partial charge >= 0.3 is 11.5 Å². The Morgan fingerprint density at radius 1 is 0.646 bits per heavy atom. The molecule has 0 bridgehead atoms. The molecule has 1 spiro atoms. The van der Waals surface area contributed by atoms with Gasteiger partial charge in [-0.3, -0.25) is 0 Å². The molecule has 12 rings (SSSR count). The van der Waals surface area contributed by atoms with Gasteiger partial charge in [-0.25, -0.2) is 0 Å². The minimum atomic E-state index is -1.90. The lowest BCUT2D eigenvalue weighted by Gasteiger charge is -2.24. The summed E-state index contributed by atoms with van der Waals surface area (Å²) in [5.74, 6) is 1.65. The van der Waals surface area contributed by atoms with Gasteiger partial charge in [-0.2, -0.15) is 4.57 Å². The Kier molecular flexibility index (Phi) is 8.61. The predicted molar refractivity (Wildman–Crippen MR) is 271 cm³/mol. The minimum absolute atomic E-state index is 0.179. The highest BCUT2D eigenvalue weighted by Crippen LogP contribution is 2.54. The normalized spacial score (nSPS) is 15.3. The van der Waals surface area contributed by atoms with Crippen molar-refractivity contribution in [1.82, 2.24) is 4.57 Å². The van der Waals surface area contributed by atoms with Crippen LogP contribution in [0.3, 0.4) is 0 Å². The number of aromatic nitrogens is 3. The van der Waals surface area contributed by atoms with Crippen LogP contribution in [-0.2, 0) is 17.5 Å². The number of nitrogens with zero attached hydrogens (tertiary/aromatic N) is 3. The van der Waals surface area contributed by atoms with Crippen molar-refractivity contribution in [2.24, 2.45) is 5.92 Å². The number of pyridine rings is 1. The van der Waals surface area contributed by atoms with Crippen LogP contribution in [0.25, 0.3) is 83.6 Å². The molecular formula is C60H55N3OSi+2. The molecule has 318 valence electrons. The van der Waals surface area contributed by atoms with Gasteiger partial charge in [0.2, 0.25) is 5.69 Å². The Bertz CT molecular complexity index is 3560. The van der Waals surface area contributed by atoms with E-state index in [4.69, 9.17) is 4.42 Å². The van der Waals surface area contributed by atoms with Crippen molar-refractivity contribution in [2.45, 2.75) is 71.8 Å². The van der Waals surface area contributed by atoms with Gasteiger partial charge in [-0.1, -0.05) is 170 Å². The molecule has 5 heteroatoms. The fraction of sp³-hybridized carbons (Fsp3) is 0.200. The zero-order valence-corrected chi connectivity index (χ0v) is 39.7. The highest BCUT2D eigenvalue weighted by molar-refractivity contribution is 6.89. The molecule has 0 N–H and O–H groups in total. The van der Waals surface area contributed by atoms with E-state index in [1.54, 1.807) is 0 Å². The second-order valence-electron chi connectivity index (χ2n) is 20.9. The summed E-state index contributed by atoms with van der Waals surface area (Å²) in [5, 5.41) is 3.77. The van der Waals surface area contributed by atoms with E-state index in [0.29, 0.717) is 5.92 Å². The largest absolute Gasteiger partial charge is 0.455 e. The van der Waals surface area contributed by atoms with Gasteiger partial charge in [0.15, 0.2) is 22.8 Å². The van der Waals surface area contributed by atoms with E-state index >= 15 is 0 Å². The van der Waals surface area contributed by atoms with Crippen molar-refractivity contribution in [3.05, 3.63) is 192 Å². The Morgan fingerprint density at radius 3 is 2.08 bits per heavy atom. The second-order valence-corrected chi connectivity index (χ2v) is 25.9. The Hall–Kier alpha value is -6.82. The molecule has 1 unspecified atom stereocenters. The first kappa shape index (κ1) is 39.7.